The fraction of sp³-hybridized carbons (Fsp3) is 0.857. The second-order valence-electron chi connectivity index (χ2n) is 5.00. The summed E-state index contributed by atoms with van der Waals surface area (Å²) >= 11 is 0. The summed E-state index contributed by atoms with van der Waals surface area (Å²) in [5.41, 5.74) is 0. The summed E-state index contributed by atoms with van der Waals surface area (Å²) in [7, 11) is 0. The topological polar surface area (TPSA) is 52.6 Å². The predicted molar refractivity (Wildman–Crippen MR) is 70.0 cm³/mol. The number of carbonyl (C=O) groups excluding carboxylic acids is 2. The van der Waals surface area contributed by atoms with Crippen molar-refractivity contribution in [3.05, 3.63) is 0 Å². The Bertz CT molecular complexity index is 243. The van der Waals surface area contributed by atoms with E-state index < -0.39 is 11.8 Å². The van der Waals surface area contributed by atoms with Gasteiger partial charge in [0.2, 0.25) is 0 Å². The molecule has 0 fully saturated rings. The molecule has 0 rings (SSSR count). The number of rotatable bonds is 7. The molecule has 0 aliphatic rings. The van der Waals surface area contributed by atoms with E-state index in [0.29, 0.717) is 12.8 Å². The van der Waals surface area contributed by atoms with Gasteiger partial charge in [-0.2, -0.15) is 0 Å². The van der Waals surface area contributed by atoms with Crippen LogP contribution in [0.25, 0.3) is 0 Å². The van der Waals surface area contributed by atoms with Crippen LogP contribution in [0.4, 0.5) is 0 Å². The lowest BCUT2D eigenvalue weighted by Gasteiger charge is -2.24. The van der Waals surface area contributed by atoms with Gasteiger partial charge < -0.3 is 9.47 Å². The number of carbonyl (C=O) groups is 2. The molecule has 0 saturated heterocycles. The molecule has 4 nitrogen and oxygen atoms in total. The maximum Gasteiger partial charge on any atom is 0.310 e. The van der Waals surface area contributed by atoms with Crippen LogP contribution in [0, 0.1) is 11.8 Å². The van der Waals surface area contributed by atoms with E-state index in [9.17, 15) is 9.59 Å². The molecule has 18 heavy (non-hydrogen) atoms. The molecule has 0 bridgehead atoms. The molecular weight excluding hydrogens is 232 g/mol. The molecule has 0 aliphatic heterocycles. The molecule has 0 aromatic heterocycles. The zero-order valence-electron chi connectivity index (χ0n) is 12.4. The molecule has 0 radical (unpaired) electrons. The highest BCUT2D eigenvalue weighted by Crippen LogP contribution is 2.23. The molecule has 0 amide bonds. The Hall–Kier alpha value is -1.06. The van der Waals surface area contributed by atoms with E-state index in [1.165, 1.54) is 0 Å². The predicted octanol–water partition coefficient (Wildman–Crippen LogP) is 2.94. The number of esters is 2. The van der Waals surface area contributed by atoms with Gasteiger partial charge in [-0.3, -0.25) is 9.59 Å². The van der Waals surface area contributed by atoms with E-state index in [0.717, 1.165) is 0 Å². The third kappa shape index (κ3) is 5.52. The van der Waals surface area contributed by atoms with Crippen LogP contribution in [0.1, 0.15) is 54.4 Å². The summed E-state index contributed by atoms with van der Waals surface area (Å²) in [5.74, 6) is -1.44. The SMILES string of the molecule is CCC(C(=O)OC(C)C)C(CC)C(=O)OC(C)C. The largest absolute Gasteiger partial charge is 0.463 e. The van der Waals surface area contributed by atoms with E-state index >= 15 is 0 Å². The van der Waals surface area contributed by atoms with Crippen molar-refractivity contribution in [2.45, 2.75) is 66.6 Å². The Morgan fingerprint density at radius 3 is 1.22 bits per heavy atom. The van der Waals surface area contributed by atoms with Crippen LogP contribution in [0.15, 0.2) is 0 Å². The monoisotopic (exact) mass is 258 g/mol. The van der Waals surface area contributed by atoms with Crippen LogP contribution >= 0.6 is 0 Å². The summed E-state index contributed by atoms with van der Waals surface area (Å²) < 4.78 is 10.4. The maximum absolute atomic E-state index is 11.9. The zero-order valence-corrected chi connectivity index (χ0v) is 12.4. The van der Waals surface area contributed by atoms with Gasteiger partial charge in [-0.25, -0.2) is 0 Å². The van der Waals surface area contributed by atoms with Crippen LogP contribution in [0.5, 0.6) is 0 Å². The van der Waals surface area contributed by atoms with E-state index in [-0.39, 0.29) is 24.1 Å². The van der Waals surface area contributed by atoms with Crippen molar-refractivity contribution in [1.82, 2.24) is 0 Å². The third-order valence-electron chi connectivity index (χ3n) is 2.67. The van der Waals surface area contributed by atoms with Gasteiger partial charge in [0.15, 0.2) is 0 Å². The summed E-state index contributed by atoms with van der Waals surface area (Å²) in [5, 5.41) is 0. The molecule has 0 spiro atoms. The number of hydrogen-bond donors (Lipinski definition) is 0. The quantitative estimate of drug-likeness (QED) is 0.659. The van der Waals surface area contributed by atoms with Gasteiger partial charge in [-0.05, 0) is 40.5 Å². The summed E-state index contributed by atoms with van der Waals surface area (Å²) in [4.78, 5) is 23.9. The maximum atomic E-state index is 11.9. The second kappa shape index (κ2) is 8.11. The fourth-order valence-corrected chi connectivity index (χ4v) is 1.87. The van der Waals surface area contributed by atoms with Crippen molar-refractivity contribution in [2.24, 2.45) is 11.8 Å². The average Bonchev–Trinajstić information content (AvgIpc) is 2.22. The summed E-state index contributed by atoms with van der Waals surface area (Å²) in [6.07, 6.45) is 0.837. The lowest BCUT2D eigenvalue weighted by molar-refractivity contribution is -0.165. The molecule has 0 N–H and O–H groups in total. The first-order valence-corrected chi connectivity index (χ1v) is 6.74. The Balaban J connectivity index is 4.76. The van der Waals surface area contributed by atoms with E-state index in [1.807, 2.05) is 13.8 Å². The molecular formula is C14H26O4. The van der Waals surface area contributed by atoms with E-state index in [1.54, 1.807) is 27.7 Å². The Morgan fingerprint density at radius 1 is 0.778 bits per heavy atom. The van der Waals surface area contributed by atoms with Gasteiger partial charge in [0.25, 0.3) is 0 Å². The normalized spacial score (nSPS) is 14.4. The van der Waals surface area contributed by atoms with Crippen LogP contribution in [-0.4, -0.2) is 24.1 Å². The van der Waals surface area contributed by atoms with Crippen LogP contribution in [-0.2, 0) is 19.1 Å². The third-order valence-corrected chi connectivity index (χ3v) is 2.67. The van der Waals surface area contributed by atoms with Gasteiger partial charge in [-0.1, -0.05) is 13.8 Å². The highest BCUT2D eigenvalue weighted by molar-refractivity contribution is 5.82. The average molecular weight is 258 g/mol. The molecule has 0 saturated carbocycles. The number of hydrogen-bond acceptors (Lipinski definition) is 4. The van der Waals surface area contributed by atoms with Crippen LogP contribution < -0.4 is 0 Å². The fourth-order valence-electron chi connectivity index (χ4n) is 1.87. The van der Waals surface area contributed by atoms with Gasteiger partial charge in [0.1, 0.15) is 0 Å². The van der Waals surface area contributed by atoms with Gasteiger partial charge >= 0.3 is 11.9 Å². The van der Waals surface area contributed by atoms with Crippen LogP contribution in [0.2, 0.25) is 0 Å². The first-order chi connectivity index (χ1) is 8.33. The number of ether oxygens (including phenoxy) is 2. The van der Waals surface area contributed by atoms with Crippen molar-refractivity contribution in [3.8, 4) is 0 Å². The smallest absolute Gasteiger partial charge is 0.310 e. The minimum absolute atomic E-state index is 0.162. The molecule has 0 aromatic rings. The minimum atomic E-state index is -0.413. The highest BCUT2D eigenvalue weighted by atomic mass is 16.5. The second-order valence-corrected chi connectivity index (χ2v) is 5.00. The van der Waals surface area contributed by atoms with Crippen molar-refractivity contribution >= 4 is 11.9 Å². The minimum Gasteiger partial charge on any atom is -0.463 e. The molecule has 2 atom stereocenters. The summed E-state index contributed by atoms with van der Waals surface area (Å²) in [6.45, 7) is 11.0. The summed E-state index contributed by atoms with van der Waals surface area (Å²) in [6, 6.07) is 0. The lowest BCUT2D eigenvalue weighted by Crippen LogP contribution is -2.34. The van der Waals surface area contributed by atoms with Gasteiger partial charge in [0.05, 0.1) is 24.0 Å². The Labute approximate surface area is 110 Å². The van der Waals surface area contributed by atoms with E-state index in [4.69, 9.17) is 9.47 Å². The Kier molecular flexibility index (Phi) is 7.64. The van der Waals surface area contributed by atoms with Crippen molar-refractivity contribution in [3.63, 3.8) is 0 Å². The molecule has 0 aromatic carbocycles. The molecule has 0 heterocycles. The molecule has 0 aliphatic carbocycles. The van der Waals surface area contributed by atoms with Gasteiger partial charge in [-0.15, -0.1) is 0 Å². The van der Waals surface area contributed by atoms with E-state index in [2.05, 4.69) is 0 Å². The van der Waals surface area contributed by atoms with Crippen LogP contribution in [0.3, 0.4) is 0 Å². The lowest BCUT2D eigenvalue weighted by atomic mass is 9.88. The Morgan fingerprint density at radius 2 is 1.06 bits per heavy atom. The molecule has 2 unspecified atom stereocenters. The standard InChI is InChI=1S/C14H26O4/c1-7-11(13(15)17-9(3)4)12(8-2)14(16)18-10(5)6/h9-12H,7-8H2,1-6H3. The van der Waals surface area contributed by atoms with Crippen molar-refractivity contribution in [1.29, 1.82) is 0 Å². The first kappa shape index (κ1) is 16.9. The molecule has 4 heteroatoms. The molecule has 106 valence electrons. The van der Waals surface area contributed by atoms with Crippen molar-refractivity contribution in [2.75, 3.05) is 0 Å². The first-order valence-electron chi connectivity index (χ1n) is 6.74. The van der Waals surface area contributed by atoms with Gasteiger partial charge in [0, 0.05) is 0 Å². The van der Waals surface area contributed by atoms with Crippen molar-refractivity contribution < 1.29 is 19.1 Å². The zero-order chi connectivity index (χ0) is 14.3. The highest BCUT2D eigenvalue weighted by Gasteiger charge is 2.34.